The van der Waals surface area contributed by atoms with E-state index in [1.54, 1.807) is 4.68 Å². The average molecular weight is 162 g/mol. The predicted molar refractivity (Wildman–Crippen MR) is 48.1 cm³/mol. The van der Waals surface area contributed by atoms with Crippen LogP contribution in [0.2, 0.25) is 0 Å². The van der Waals surface area contributed by atoms with E-state index in [2.05, 4.69) is 15.6 Å². The second kappa shape index (κ2) is 2.48. The summed E-state index contributed by atoms with van der Waals surface area (Å²) in [4.78, 5) is 0. The molecule has 0 fully saturated rings. The van der Waals surface area contributed by atoms with Gasteiger partial charge >= 0.3 is 0 Å². The summed E-state index contributed by atoms with van der Waals surface area (Å²) in [5.74, 6) is 0. The van der Waals surface area contributed by atoms with Crippen LogP contribution in [0, 0.1) is 0 Å². The topological polar surface area (TPSA) is 42.7 Å². The van der Waals surface area contributed by atoms with Crippen molar-refractivity contribution in [3.63, 3.8) is 0 Å². The van der Waals surface area contributed by atoms with E-state index in [-0.39, 0.29) is 0 Å². The number of nitrogens with zero attached hydrogens (tertiary/aromatic N) is 3. The maximum atomic E-state index is 4.00. The van der Waals surface area contributed by atoms with Crippen LogP contribution in [0.4, 0.5) is 5.69 Å². The molecular weight excluding hydrogens is 152 g/mol. The standard InChI is InChI=1S/C8H10N4/c1-9-6-3-4-8-7(5-6)10-11-12(8)2/h3-5,9H,1-2H3. The Morgan fingerprint density at radius 2 is 2.25 bits per heavy atom. The second-order valence-electron chi connectivity index (χ2n) is 2.67. The molecule has 1 aromatic heterocycles. The molecular formula is C8H10N4. The number of hydrogen-bond acceptors (Lipinski definition) is 3. The van der Waals surface area contributed by atoms with E-state index >= 15 is 0 Å². The van der Waals surface area contributed by atoms with E-state index in [0.29, 0.717) is 0 Å². The van der Waals surface area contributed by atoms with E-state index in [0.717, 1.165) is 16.7 Å². The van der Waals surface area contributed by atoms with Crippen LogP contribution in [-0.4, -0.2) is 22.0 Å². The van der Waals surface area contributed by atoms with Crippen LogP contribution in [-0.2, 0) is 7.05 Å². The molecule has 0 spiro atoms. The van der Waals surface area contributed by atoms with Crippen LogP contribution in [0.5, 0.6) is 0 Å². The van der Waals surface area contributed by atoms with Gasteiger partial charge in [-0.2, -0.15) is 0 Å². The molecule has 0 bridgehead atoms. The summed E-state index contributed by atoms with van der Waals surface area (Å²) in [6.07, 6.45) is 0. The van der Waals surface area contributed by atoms with Crippen molar-refractivity contribution in [2.45, 2.75) is 0 Å². The highest BCUT2D eigenvalue weighted by molar-refractivity contribution is 5.78. The van der Waals surface area contributed by atoms with E-state index in [4.69, 9.17) is 0 Å². The number of fused-ring (bicyclic) bond motifs is 1. The van der Waals surface area contributed by atoms with Crippen molar-refractivity contribution in [1.82, 2.24) is 15.0 Å². The molecule has 2 rings (SSSR count). The van der Waals surface area contributed by atoms with Crippen LogP contribution in [0.25, 0.3) is 11.0 Å². The van der Waals surface area contributed by atoms with E-state index in [1.165, 1.54) is 0 Å². The van der Waals surface area contributed by atoms with Crippen molar-refractivity contribution >= 4 is 16.7 Å². The van der Waals surface area contributed by atoms with Gasteiger partial charge in [-0.05, 0) is 18.2 Å². The molecule has 62 valence electrons. The largest absolute Gasteiger partial charge is 0.388 e. The third kappa shape index (κ3) is 0.922. The highest BCUT2D eigenvalue weighted by Gasteiger charge is 2.00. The zero-order valence-corrected chi connectivity index (χ0v) is 7.07. The molecule has 0 aliphatic rings. The molecule has 0 aliphatic heterocycles. The van der Waals surface area contributed by atoms with Crippen LogP contribution in [0.15, 0.2) is 18.2 Å². The minimum atomic E-state index is 0.921. The highest BCUT2D eigenvalue weighted by atomic mass is 15.4. The van der Waals surface area contributed by atoms with Gasteiger partial charge in [-0.25, -0.2) is 4.68 Å². The first kappa shape index (κ1) is 7.09. The minimum absolute atomic E-state index is 0.921. The summed E-state index contributed by atoms with van der Waals surface area (Å²) in [5.41, 5.74) is 3.03. The number of nitrogens with one attached hydrogen (secondary N) is 1. The van der Waals surface area contributed by atoms with Crippen LogP contribution >= 0.6 is 0 Å². The Morgan fingerprint density at radius 3 is 3.00 bits per heavy atom. The van der Waals surface area contributed by atoms with Crippen molar-refractivity contribution in [2.24, 2.45) is 7.05 Å². The van der Waals surface area contributed by atoms with Crippen molar-refractivity contribution in [1.29, 1.82) is 0 Å². The Hall–Kier alpha value is -1.58. The van der Waals surface area contributed by atoms with Gasteiger partial charge in [0.25, 0.3) is 0 Å². The molecule has 0 saturated heterocycles. The van der Waals surface area contributed by atoms with E-state index in [1.807, 2.05) is 32.3 Å². The predicted octanol–water partition coefficient (Wildman–Crippen LogP) is 1.01. The van der Waals surface area contributed by atoms with Gasteiger partial charge in [0.1, 0.15) is 5.52 Å². The third-order valence-electron chi connectivity index (χ3n) is 1.90. The van der Waals surface area contributed by atoms with E-state index < -0.39 is 0 Å². The van der Waals surface area contributed by atoms with Gasteiger partial charge in [-0.15, -0.1) is 5.10 Å². The van der Waals surface area contributed by atoms with Gasteiger partial charge in [0.15, 0.2) is 0 Å². The number of anilines is 1. The normalized spacial score (nSPS) is 10.5. The number of aryl methyl sites for hydroxylation is 1. The zero-order valence-electron chi connectivity index (χ0n) is 7.07. The van der Waals surface area contributed by atoms with Gasteiger partial charge in [0.2, 0.25) is 0 Å². The first-order valence-electron chi connectivity index (χ1n) is 3.78. The Bertz CT molecular complexity index is 404. The SMILES string of the molecule is CNc1ccc2c(c1)nnn2C. The molecule has 0 radical (unpaired) electrons. The summed E-state index contributed by atoms with van der Waals surface area (Å²) in [6, 6.07) is 5.98. The summed E-state index contributed by atoms with van der Waals surface area (Å²) >= 11 is 0. The van der Waals surface area contributed by atoms with Gasteiger partial charge < -0.3 is 5.32 Å². The lowest BCUT2D eigenvalue weighted by Gasteiger charge is -1.97. The Balaban J connectivity index is 2.69. The molecule has 1 heterocycles. The fraction of sp³-hybridized carbons (Fsp3) is 0.250. The van der Waals surface area contributed by atoms with Crippen molar-refractivity contribution < 1.29 is 0 Å². The Morgan fingerprint density at radius 1 is 1.42 bits per heavy atom. The van der Waals surface area contributed by atoms with Crippen molar-refractivity contribution in [3.05, 3.63) is 18.2 Å². The average Bonchev–Trinajstić information content (AvgIpc) is 2.47. The molecule has 2 aromatic rings. The summed E-state index contributed by atoms with van der Waals surface area (Å²) < 4.78 is 1.76. The summed E-state index contributed by atoms with van der Waals surface area (Å²) in [6.45, 7) is 0. The van der Waals surface area contributed by atoms with E-state index in [9.17, 15) is 0 Å². The molecule has 0 saturated carbocycles. The first-order chi connectivity index (χ1) is 5.81. The van der Waals surface area contributed by atoms with Crippen molar-refractivity contribution in [3.8, 4) is 0 Å². The lowest BCUT2D eigenvalue weighted by molar-refractivity contribution is 0.736. The quantitative estimate of drug-likeness (QED) is 0.680. The van der Waals surface area contributed by atoms with Gasteiger partial charge in [-0.1, -0.05) is 5.21 Å². The number of aromatic nitrogens is 3. The van der Waals surface area contributed by atoms with Crippen molar-refractivity contribution in [2.75, 3.05) is 12.4 Å². The maximum absolute atomic E-state index is 4.00. The number of rotatable bonds is 1. The highest BCUT2D eigenvalue weighted by Crippen LogP contribution is 2.15. The third-order valence-corrected chi connectivity index (χ3v) is 1.90. The molecule has 1 aromatic carbocycles. The molecule has 0 aliphatic carbocycles. The molecule has 0 unspecified atom stereocenters. The fourth-order valence-electron chi connectivity index (χ4n) is 1.20. The summed E-state index contributed by atoms with van der Waals surface area (Å²) in [5, 5.41) is 11.0. The molecule has 0 atom stereocenters. The molecule has 0 amide bonds. The lowest BCUT2D eigenvalue weighted by Crippen LogP contribution is -1.90. The van der Waals surface area contributed by atoms with Gasteiger partial charge in [0.05, 0.1) is 5.52 Å². The van der Waals surface area contributed by atoms with Crippen LogP contribution in [0.1, 0.15) is 0 Å². The van der Waals surface area contributed by atoms with Crippen LogP contribution < -0.4 is 5.32 Å². The number of benzene rings is 1. The molecule has 4 heteroatoms. The van der Waals surface area contributed by atoms with Crippen LogP contribution in [0.3, 0.4) is 0 Å². The Kier molecular flexibility index (Phi) is 1.46. The lowest BCUT2D eigenvalue weighted by atomic mass is 10.3. The molecule has 1 N–H and O–H groups in total. The maximum Gasteiger partial charge on any atom is 0.115 e. The molecule has 12 heavy (non-hydrogen) atoms. The summed E-state index contributed by atoms with van der Waals surface area (Å²) in [7, 11) is 3.77. The smallest absolute Gasteiger partial charge is 0.115 e. The number of hydrogen-bond donors (Lipinski definition) is 1. The second-order valence-corrected chi connectivity index (χ2v) is 2.67. The first-order valence-corrected chi connectivity index (χ1v) is 3.78. The molecule has 4 nitrogen and oxygen atoms in total. The minimum Gasteiger partial charge on any atom is -0.388 e. The fourth-order valence-corrected chi connectivity index (χ4v) is 1.20. The van der Waals surface area contributed by atoms with Gasteiger partial charge in [-0.3, -0.25) is 0 Å². The zero-order chi connectivity index (χ0) is 8.55. The van der Waals surface area contributed by atoms with Gasteiger partial charge in [0, 0.05) is 19.8 Å². The monoisotopic (exact) mass is 162 g/mol. The Labute approximate surface area is 70.2 Å².